The van der Waals surface area contributed by atoms with Crippen molar-refractivity contribution in [3.63, 3.8) is 0 Å². The minimum absolute atomic E-state index is 0.414. The van der Waals surface area contributed by atoms with Crippen molar-refractivity contribution in [2.45, 2.75) is 23.5 Å². The van der Waals surface area contributed by atoms with Gasteiger partial charge in [-0.2, -0.15) is 0 Å². The second-order valence-electron chi connectivity index (χ2n) is 5.71. The molecule has 2 aromatic carbocycles. The van der Waals surface area contributed by atoms with E-state index in [0.717, 1.165) is 34.8 Å². The Morgan fingerprint density at radius 1 is 1.00 bits per heavy atom. The Balaban J connectivity index is 1.49. The van der Waals surface area contributed by atoms with Crippen LogP contribution in [0.2, 0.25) is 5.28 Å². The molecule has 5 rings (SSSR count). The lowest BCUT2D eigenvalue weighted by atomic mass is 10.3. The lowest BCUT2D eigenvalue weighted by molar-refractivity contribution is 0.597. The molecule has 0 fully saturated rings. The Hall–Kier alpha value is -1.98. The summed E-state index contributed by atoms with van der Waals surface area (Å²) in [6.07, 6.45) is 0. The quantitative estimate of drug-likeness (QED) is 0.548. The Kier molecular flexibility index (Phi) is 2.93. The monoisotopic (exact) mass is 340 g/mol. The van der Waals surface area contributed by atoms with E-state index in [-0.39, 0.29) is 0 Å². The standard InChI is InChI=1S/C17H13ClN4S/c18-16-19-12-5-1-3-7-14(12)21(16)9-11-10-22-15-8-4-2-6-13(15)20-17(22)23-11/h1-8,11H,9-10H2. The van der Waals surface area contributed by atoms with Gasteiger partial charge < -0.3 is 9.13 Å². The van der Waals surface area contributed by atoms with Gasteiger partial charge in [-0.15, -0.1) is 0 Å². The van der Waals surface area contributed by atoms with E-state index in [0.29, 0.717) is 10.5 Å². The molecule has 1 aliphatic rings. The van der Waals surface area contributed by atoms with Crippen molar-refractivity contribution in [1.29, 1.82) is 0 Å². The normalized spacial score (nSPS) is 17.2. The first kappa shape index (κ1) is 13.5. The van der Waals surface area contributed by atoms with E-state index in [1.165, 1.54) is 5.52 Å². The van der Waals surface area contributed by atoms with Crippen LogP contribution in [0.1, 0.15) is 0 Å². The van der Waals surface area contributed by atoms with Crippen molar-refractivity contribution < 1.29 is 0 Å². The highest BCUT2D eigenvalue weighted by Crippen LogP contribution is 2.36. The Morgan fingerprint density at radius 3 is 2.52 bits per heavy atom. The van der Waals surface area contributed by atoms with E-state index in [2.05, 4.69) is 38.4 Å². The van der Waals surface area contributed by atoms with E-state index < -0.39 is 0 Å². The van der Waals surface area contributed by atoms with Crippen molar-refractivity contribution in [1.82, 2.24) is 19.1 Å². The zero-order chi connectivity index (χ0) is 15.4. The smallest absolute Gasteiger partial charge is 0.203 e. The summed E-state index contributed by atoms with van der Waals surface area (Å²) in [5.41, 5.74) is 4.31. The molecule has 0 aliphatic carbocycles. The molecule has 0 saturated carbocycles. The number of hydrogen-bond donors (Lipinski definition) is 0. The average molecular weight is 341 g/mol. The molecule has 0 bridgehead atoms. The molecule has 6 heteroatoms. The zero-order valence-corrected chi connectivity index (χ0v) is 13.8. The van der Waals surface area contributed by atoms with Gasteiger partial charge in [0, 0.05) is 18.3 Å². The van der Waals surface area contributed by atoms with Gasteiger partial charge in [0.15, 0.2) is 5.16 Å². The molecule has 0 spiro atoms. The highest BCUT2D eigenvalue weighted by atomic mass is 35.5. The average Bonchev–Trinajstić information content (AvgIpc) is 3.19. The van der Waals surface area contributed by atoms with Crippen LogP contribution in [0.5, 0.6) is 0 Å². The van der Waals surface area contributed by atoms with Crippen LogP contribution in [0.25, 0.3) is 22.1 Å². The topological polar surface area (TPSA) is 35.6 Å². The molecule has 23 heavy (non-hydrogen) atoms. The van der Waals surface area contributed by atoms with Crippen molar-refractivity contribution in [2.75, 3.05) is 0 Å². The number of benzene rings is 2. The van der Waals surface area contributed by atoms with Crippen molar-refractivity contribution >= 4 is 45.4 Å². The molecule has 1 unspecified atom stereocenters. The third kappa shape index (κ3) is 2.07. The molecule has 3 heterocycles. The minimum atomic E-state index is 0.414. The third-order valence-corrected chi connectivity index (χ3v) is 5.71. The largest absolute Gasteiger partial charge is 0.318 e. The summed E-state index contributed by atoms with van der Waals surface area (Å²) in [6.45, 7) is 1.78. The number of para-hydroxylation sites is 4. The summed E-state index contributed by atoms with van der Waals surface area (Å²) in [7, 11) is 0. The molecule has 0 radical (unpaired) electrons. The number of imidazole rings is 2. The summed E-state index contributed by atoms with van der Waals surface area (Å²) < 4.78 is 4.40. The highest BCUT2D eigenvalue weighted by molar-refractivity contribution is 8.00. The molecular formula is C17H13ClN4S. The maximum Gasteiger partial charge on any atom is 0.203 e. The number of rotatable bonds is 2. The van der Waals surface area contributed by atoms with E-state index in [1.54, 1.807) is 0 Å². The van der Waals surface area contributed by atoms with Crippen LogP contribution in [0.15, 0.2) is 53.7 Å². The molecule has 2 aromatic heterocycles. The Bertz CT molecular complexity index is 1040. The molecule has 4 nitrogen and oxygen atoms in total. The molecular weight excluding hydrogens is 328 g/mol. The summed E-state index contributed by atoms with van der Waals surface area (Å²) in [5.74, 6) is 0. The first-order valence-corrected chi connectivity index (χ1v) is 8.78. The van der Waals surface area contributed by atoms with E-state index >= 15 is 0 Å². The number of nitrogens with zero attached hydrogens (tertiary/aromatic N) is 4. The maximum atomic E-state index is 6.35. The number of hydrogen-bond acceptors (Lipinski definition) is 3. The van der Waals surface area contributed by atoms with Crippen LogP contribution >= 0.6 is 23.4 Å². The van der Waals surface area contributed by atoms with Gasteiger partial charge in [-0.3, -0.25) is 0 Å². The summed E-state index contributed by atoms with van der Waals surface area (Å²) in [4.78, 5) is 9.16. The maximum absolute atomic E-state index is 6.35. The van der Waals surface area contributed by atoms with Gasteiger partial charge in [0.1, 0.15) is 0 Å². The fourth-order valence-electron chi connectivity index (χ4n) is 3.23. The van der Waals surface area contributed by atoms with Gasteiger partial charge in [0.2, 0.25) is 5.28 Å². The fraction of sp³-hybridized carbons (Fsp3) is 0.176. The van der Waals surface area contributed by atoms with Gasteiger partial charge in [0.05, 0.1) is 22.1 Å². The van der Waals surface area contributed by atoms with Gasteiger partial charge in [-0.25, -0.2) is 9.97 Å². The van der Waals surface area contributed by atoms with Crippen LogP contribution in [-0.2, 0) is 13.1 Å². The molecule has 0 saturated heterocycles. The number of aromatic nitrogens is 4. The van der Waals surface area contributed by atoms with Gasteiger partial charge in [0.25, 0.3) is 0 Å². The van der Waals surface area contributed by atoms with Gasteiger partial charge >= 0.3 is 0 Å². The fourth-order valence-corrected chi connectivity index (χ4v) is 4.68. The SMILES string of the molecule is Clc1nc2ccccc2n1CC1Cn2c(nc3ccccc32)S1. The molecule has 114 valence electrons. The van der Waals surface area contributed by atoms with Crippen LogP contribution in [0, 0.1) is 0 Å². The third-order valence-electron chi connectivity index (χ3n) is 4.27. The number of fused-ring (bicyclic) bond motifs is 4. The predicted octanol–water partition coefficient (Wildman–Crippen LogP) is 4.21. The van der Waals surface area contributed by atoms with Gasteiger partial charge in [-0.1, -0.05) is 36.0 Å². The van der Waals surface area contributed by atoms with E-state index in [1.807, 2.05) is 36.0 Å². The lowest BCUT2D eigenvalue weighted by Crippen LogP contribution is -2.14. The van der Waals surface area contributed by atoms with E-state index in [9.17, 15) is 0 Å². The van der Waals surface area contributed by atoms with Gasteiger partial charge in [-0.05, 0) is 35.9 Å². The summed E-state index contributed by atoms with van der Waals surface area (Å²) in [5, 5.41) is 2.06. The number of halogens is 1. The highest BCUT2D eigenvalue weighted by Gasteiger charge is 2.27. The second kappa shape index (κ2) is 5.01. The van der Waals surface area contributed by atoms with Crippen LogP contribution in [0.3, 0.4) is 0 Å². The molecule has 0 amide bonds. The van der Waals surface area contributed by atoms with Crippen molar-refractivity contribution in [2.24, 2.45) is 0 Å². The lowest BCUT2D eigenvalue weighted by Gasteiger charge is -2.11. The van der Waals surface area contributed by atoms with Crippen LogP contribution < -0.4 is 0 Å². The van der Waals surface area contributed by atoms with E-state index in [4.69, 9.17) is 16.6 Å². The van der Waals surface area contributed by atoms with Crippen molar-refractivity contribution in [3.05, 3.63) is 53.8 Å². The molecule has 4 aromatic rings. The van der Waals surface area contributed by atoms with Crippen molar-refractivity contribution in [3.8, 4) is 0 Å². The summed E-state index contributed by atoms with van der Waals surface area (Å²) in [6, 6.07) is 16.4. The van der Waals surface area contributed by atoms with Crippen LogP contribution in [0.4, 0.5) is 0 Å². The predicted molar refractivity (Wildman–Crippen MR) is 94.1 cm³/mol. The zero-order valence-electron chi connectivity index (χ0n) is 12.2. The molecule has 1 aliphatic heterocycles. The second-order valence-corrected chi connectivity index (χ2v) is 7.32. The minimum Gasteiger partial charge on any atom is -0.318 e. The van der Waals surface area contributed by atoms with Crippen LogP contribution in [-0.4, -0.2) is 24.4 Å². The molecule has 0 N–H and O–H groups in total. The first-order chi connectivity index (χ1) is 11.3. The first-order valence-electron chi connectivity index (χ1n) is 7.52. The summed E-state index contributed by atoms with van der Waals surface area (Å²) >= 11 is 8.17. The Morgan fingerprint density at radius 2 is 1.70 bits per heavy atom. The molecule has 1 atom stereocenters. The Labute approximate surface area is 142 Å². The number of thioether (sulfide) groups is 1.